The number of nitrogens with one attached hydrogen (secondary N) is 1. The van der Waals surface area contributed by atoms with E-state index in [-0.39, 0.29) is 23.0 Å². The Morgan fingerprint density at radius 1 is 0.917 bits per heavy atom. The molecule has 1 amide bonds. The third-order valence-corrected chi connectivity index (χ3v) is 2.99. The molecule has 0 saturated heterocycles. The molecule has 0 bridgehead atoms. The lowest BCUT2D eigenvalue weighted by Crippen LogP contribution is -2.12. The third-order valence-electron chi connectivity index (χ3n) is 2.99. The van der Waals surface area contributed by atoms with E-state index >= 15 is 0 Å². The summed E-state index contributed by atoms with van der Waals surface area (Å²) in [6.07, 6.45) is 0. The first-order valence-electron chi connectivity index (χ1n) is 6.49. The van der Waals surface area contributed by atoms with Crippen molar-refractivity contribution >= 4 is 11.9 Å². The molecule has 0 fully saturated rings. The average molecular weight is 337 g/mol. The Hall–Kier alpha value is -3.23. The predicted octanol–water partition coefficient (Wildman–Crippen LogP) is 3.55. The second kappa shape index (κ2) is 6.11. The number of amides is 1. The Morgan fingerprint density at radius 2 is 1.71 bits per heavy atom. The summed E-state index contributed by atoms with van der Waals surface area (Å²) >= 11 is 0. The highest BCUT2D eigenvalue weighted by atomic mass is 19.2. The normalized spacial score (nSPS) is 10.7. The second-order valence-corrected chi connectivity index (χ2v) is 4.62. The number of hydrogen-bond donors (Lipinski definition) is 1. The molecule has 0 spiro atoms. The van der Waals surface area contributed by atoms with E-state index in [1.807, 2.05) is 0 Å². The zero-order valence-electron chi connectivity index (χ0n) is 11.7. The maximum atomic E-state index is 13.6. The SMILES string of the molecule is O=C(Nc1nnc(-c2ccc(F)cc2F)o1)c1ccc(F)c(F)c1. The van der Waals surface area contributed by atoms with Gasteiger partial charge in [-0.2, -0.15) is 0 Å². The summed E-state index contributed by atoms with van der Waals surface area (Å²) in [5, 5.41) is 9.17. The van der Waals surface area contributed by atoms with Crippen LogP contribution in [-0.2, 0) is 0 Å². The summed E-state index contributed by atoms with van der Waals surface area (Å²) in [5.41, 5.74) is -0.334. The van der Waals surface area contributed by atoms with Crippen LogP contribution in [0.5, 0.6) is 0 Å². The quantitative estimate of drug-likeness (QED) is 0.742. The van der Waals surface area contributed by atoms with E-state index in [1.54, 1.807) is 0 Å². The van der Waals surface area contributed by atoms with Crippen LogP contribution < -0.4 is 5.32 Å². The Balaban J connectivity index is 1.80. The molecule has 0 saturated carbocycles. The zero-order valence-corrected chi connectivity index (χ0v) is 11.7. The summed E-state index contributed by atoms with van der Waals surface area (Å²) in [6.45, 7) is 0. The van der Waals surface area contributed by atoms with Crippen molar-refractivity contribution in [3.8, 4) is 11.5 Å². The van der Waals surface area contributed by atoms with Crippen molar-refractivity contribution in [3.05, 3.63) is 65.2 Å². The monoisotopic (exact) mass is 337 g/mol. The van der Waals surface area contributed by atoms with Gasteiger partial charge in [0, 0.05) is 11.6 Å². The molecule has 24 heavy (non-hydrogen) atoms. The first-order chi connectivity index (χ1) is 11.4. The van der Waals surface area contributed by atoms with Crippen LogP contribution in [0.25, 0.3) is 11.5 Å². The molecule has 122 valence electrons. The lowest BCUT2D eigenvalue weighted by Gasteiger charge is -2.01. The number of rotatable bonds is 3. The van der Waals surface area contributed by atoms with E-state index in [4.69, 9.17) is 4.42 Å². The van der Waals surface area contributed by atoms with Crippen LogP contribution in [0.3, 0.4) is 0 Å². The first-order valence-corrected chi connectivity index (χ1v) is 6.49. The van der Waals surface area contributed by atoms with Crippen LogP contribution in [0.2, 0.25) is 0 Å². The topological polar surface area (TPSA) is 68.0 Å². The van der Waals surface area contributed by atoms with Gasteiger partial charge in [-0.05, 0) is 30.3 Å². The number of carbonyl (C=O) groups is 1. The molecule has 9 heteroatoms. The van der Waals surface area contributed by atoms with Crippen molar-refractivity contribution in [3.63, 3.8) is 0 Å². The van der Waals surface area contributed by atoms with Crippen molar-refractivity contribution in [1.29, 1.82) is 0 Å². The van der Waals surface area contributed by atoms with Crippen molar-refractivity contribution in [2.75, 3.05) is 5.32 Å². The minimum Gasteiger partial charge on any atom is -0.403 e. The van der Waals surface area contributed by atoms with Crippen LogP contribution in [0.1, 0.15) is 10.4 Å². The maximum Gasteiger partial charge on any atom is 0.322 e. The average Bonchev–Trinajstić information content (AvgIpc) is 2.98. The van der Waals surface area contributed by atoms with Crippen LogP contribution in [0.15, 0.2) is 40.8 Å². The number of aromatic nitrogens is 2. The number of benzene rings is 2. The van der Waals surface area contributed by atoms with E-state index in [1.165, 1.54) is 0 Å². The van der Waals surface area contributed by atoms with Gasteiger partial charge in [-0.3, -0.25) is 10.1 Å². The van der Waals surface area contributed by atoms with Gasteiger partial charge in [-0.15, -0.1) is 5.10 Å². The number of anilines is 1. The highest BCUT2D eigenvalue weighted by molar-refractivity contribution is 6.03. The molecule has 0 aliphatic carbocycles. The van der Waals surface area contributed by atoms with Gasteiger partial charge in [0.2, 0.25) is 0 Å². The summed E-state index contributed by atoms with van der Waals surface area (Å²) in [7, 11) is 0. The standard InChI is InChI=1S/C15H7F4N3O2/c16-8-2-3-9(11(18)6-8)14-21-22-15(24-14)20-13(23)7-1-4-10(17)12(19)5-7/h1-6H,(H,20,22,23). The molecular formula is C15H7F4N3O2. The Kier molecular flexibility index (Phi) is 3.98. The predicted molar refractivity (Wildman–Crippen MR) is 74.0 cm³/mol. The molecule has 1 heterocycles. The summed E-state index contributed by atoms with van der Waals surface area (Å²) < 4.78 is 57.5. The van der Waals surface area contributed by atoms with E-state index in [0.29, 0.717) is 12.1 Å². The van der Waals surface area contributed by atoms with Gasteiger partial charge in [-0.1, -0.05) is 5.10 Å². The molecule has 0 unspecified atom stereocenters. The lowest BCUT2D eigenvalue weighted by atomic mass is 10.2. The molecule has 5 nitrogen and oxygen atoms in total. The largest absolute Gasteiger partial charge is 0.403 e. The third kappa shape index (κ3) is 3.09. The molecule has 3 rings (SSSR count). The van der Waals surface area contributed by atoms with Gasteiger partial charge in [0.25, 0.3) is 11.8 Å². The Bertz CT molecular complexity index is 927. The van der Waals surface area contributed by atoms with Crippen LogP contribution >= 0.6 is 0 Å². The summed E-state index contributed by atoms with van der Waals surface area (Å²) in [6, 6.07) is 4.90. The van der Waals surface area contributed by atoms with Gasteiger partial charge >= 0.3 is 6.01 Å². The number of hydrogen-bond acceptors (Lipinski definition) is 4. The minimum atomic E-state index is -1.19. The van der Waals surface area contributed by atoms with Crippen LogP contribution in [0.4, 0.5) is 23.6 Å². The molecule has 0 aliphatic heterocycles. The highest BCUT2D eigenvalue weighted by Gasteiger charge is 2.16. The second-order valence-electron chi connectivity index (χ2n) is 4.62. The molecule has 3 aromatic rings. The molecule has 0 atom stereocenters. The van der Waals surface area contributed by atoms with Crippen LogP contribution in [0, 0.1) is 23.3 Å². The van der Waals surface area contributed by atoms with Gasteiger partial charge in [0.1, 0.15) is 11.6 Å². The molecule has 0 radical (unpaired) electrons. The van der Waals surface area contributed by atoms with Gasteiger partial charge in [-0.25, -0.2) is 17.6 Å². The van der Waals surface area contributed by atoms with E-state index < -0.39 is 29.2 Å². The molecule has 0 aliphatic rings. The van der Waals surface area contributed by atoms with E-state index in [9.17, 15) is 22.4 Å². The fraction of sp³-hybridized carbons (Fsp3) is 0. The van der Waals surface area contributed by atoms with E-state index in [2.05, 4.69) is 15.5 Å². The first kappa shape index (κ1) is 15.7. The number of carbonyl (C=O) groups excluding carboxylic acids is 1. The highest BCUT2D eigenvalue weighted by Crippen LogP contribution is 2.23. The molecule has 1 N–H and O–H groups in total. The maximum absolute atomic E-state index is 13.6. The van der Waals surface area contributed by atoms with Gasteiger partial charge in [0.05, 0.1) is 5.56 Å². The number of nitrogens with zero attached hydrogens (tertiary/aromatic N) is 2. The molecule has 1 aromatic heterocycles. The summed E-state index contributed by atoms with van der Waals surface area (Å²) in [5.74, 6) is -5.10. The van der Waals surface area contributed by atoms with Gasteiger partial charge in [0.15, 0.2) is 11.6 Å². The Morgan fingerprint density at radius 3 is 2.42 bits per heavy atom. The smallest absolute Gasteiger partial charge is 0.322 e. The van der Waals surface area contributed by atoms with Crippen molar-refractivity contribution < 1.29 is 26.8 Å². The van der Waals surface area contributed by atoms with Crippen molar-refractivity contribution in [2.45, 2.75) is 0 Å². The molecule has 2 aromatic carbocycles. The lowest BCUT2D eigenvalue weighted by molar-refractivity contribution is 0.102. The van der Waals surface area contributed by atoms with E-state index in [0.717, 1.165) is 24.3 Å². The zero-order chi connectivity index (χ0) is 17.3. The molecular weight excluding hydrogens is 330 g/mol. The fourth-order valence-corrected chi connectivity index (χ4v) is 1.85. The van der Waals surface area contributed by atoms with Crippen molar-refractivity contribution in [2.24, 2.45) is 0 Å². The summed E-state index contributed by atoms with van der Waals surface area (Å²) in [4.78, 5) is 11.9. The minimum absolute atomic E-state index is 0.155. The van der Waals surface area contributed by atoms with Gasteiger partial charge < -0.3 is 4.42 Å². The van der Waals surface area contributed by atoms with Crippen molar-refractivity contribution in [1.82, 2.24) is 10.2 Å². The number of halogens is 4. The Labute approximate surface area is 131 Å². The van der Waals surface area contributed by atoms with Crippen LogP contribution in [-0.4, -0.2) is 16.1 Å². The fourth-order valence-electron chi connectivity index (χ4n) is 1.85.